The van der Waals surface area contributed by atoms with Crippen LogP contribution in [0.25, 0.3) is 5.69 Å². The third kappa shape index (κ3) is 4.06. The molecule has 0 spiro atoms. The van der Waals surface area contributed by atoms with Crippen molar-refractivity contribution in [1.82, 2.24) is 9.78 Å². The molecule has 21 heavy (non-hydrogen) atoms. The van der Waals surface area contributed by atoms with Crippen LogP contribution in [0.2, 0.25) is 0 Å². The minimum absolute atomic E-state index is 0.213. The molecule has 1 unspecified atom stereocenters. The van der Waals surface area contributed by atoms with Gasteiger partial charge >= 0.3 is 5.97 Å². The van der Waals surface area contributed by atoms with Crippen molar-refractivity contribution in [1.29, 1.82) is 0 Å². The van der Waals surface area contributed by atoms with Gasteiger partial charge in [-0.15, -0.1) is 0 Å². The number of anilines is 1. The van der Waals surface area contributed by atoms with Gasteiger partial charge in [0, 0.05) is 32.0 Å². The Morgan fingerprint density at radius 1 is 1.43 bits per heavy atom. The van der Waals surface area contributed by atoms with Gasteiger partial charge in [0.05, 0.1) is 5.69 Å². The molecule has 0 bridgehead atoms. The zero-order valence-electron chi connectivity index (χ0n) is 12.2. The normalized spacial score (nSPS) is 12.1. The number of ether oxygens (including phenoxy) is 2. The molecule has 0 amide bonds. The Labute approximate surface area is 123 Å². The SMILES string of the molecule is COCCC(C)OC(=O)c1ccn(-c2cccc(N)c2)n1. The van der Waals surface area contributed by atoms with E-state index < -0.39 is 5.97 Å². The lowest BCUT2D eigenvalue weighted by Crippen LogP contribution is -2.17. The maximum absolute atomic E-state index is 12.0. The third-order valence-electron chi connectivity index (χ3n) is 2.97. The topological polar surface area (TPSA) is 79.4 Å². The van der Waals surface area contributed by atoms with Crippen LogP contribution < -0.4 is 5.73 Å². The molecule has 2 aromatic rings. The van der Waals surface area contributed by atoms with E-state index in [0.717, 1.165) is 5.69 Å². The van der Waals surface area contributed by atoms with Gasteiger partial charge in [0.25, 0.3) is 0 Å². The summed E-state index contributed by atoms with van der Waals surface area (Å²) in [6.45, 7) is 2.37. The van der Waals surface area contributed by atoms with Gasteiger partial charge < -0.3 is 15.2 Å². The summed E-state index contributed by atoms with van der Waals surface area (Å²) in [5.74, 6) is -0.443. The van der Waals surface area contributed by atoms with Gasteiger partial charge in [0.1, 0.15) is 6.10 Å². The van der Waals surface area contributed by atoms with E-state index in [4.69, 9.17) is 15.2 Å². The average Bonchev–Trinajstić information content (AvgIpc) is 2.95. The summed E-state index contributed by atoms with van der Waals surface area (Å²) in [6.07, 6.45) is 2.14. The number of nitrogens with zero attached hydrogens (tertiary/aromatic N) is 2. The first-order chi connectivity index (χ1) is 10.1. The van der Waals surface area contributed by atoms with Gasteiger partial charge in [-0.1, -0.05) is 6.07 Å². The second kappa shape index (κ2) is 6.90. The smallest absolute Gasteiger partial charge is 0.359 e. The Hall–Kier alpha value is -2.34. The quantitative estimate of drug-likeness (QED) is 0.650. The van der Waals surface area contributed by atoms with E-state index in [1.165, 1.54) is 0 Å². The summed E-state index contributed by atoms with van der Waals surface area (Å²) < 4.78 is 11.8. The number of rotatable bonds is 6. The van der Waals surface area contributed by atoms with Crippen LogP contribution in [-0.4, -0.2) is 35.6 Å². The zero-order valence-corrected chi connectivity index (χ0v) is 12.2. The Balaban J connectivity index is 2.04. The first-order valence-electron chi connectivity index (χ1n) is 6.71. The number of carbonyl (C=O) groups is 1. The summed E-state index contributed by atoms with van der Waals surface area (Å²) in [5.41, 5.74) is 7.43. The minimum Gasteiger partial charge on any atom is -0.458 e. The fourth-order valence-electron chi connectivity index (χ4n) is 1.83. The summed E-state index contributed by atoms with van der Waals surface area (Å²) >= 11 is 0. The van der Waals surface area contributed by atoms with Crippen molar-refractivity contribution in [2.24, 2.45) is 0 Å². The van der Waals surface area contributed by atoms with Gasteiger partial charge in [-0.05, 0) is 31.2 Å². The summed E-state index contributed by atoms with van der Waals surface area (Å²) in [4.78, 5) is 12.0. The van der Waals surface area contributed by atoms with E-state index in [9.17, 15) is 4.79 Å². The molecule has 0 aliphatic carbocycles. The van der Waals surface area contributed by atoms with Crippen LogP contribution >= 0.6 is 0 Å². The van der Waals surface area contributed by atoms with Crippen LogP contribution in [0, 0.1) is 0 Å². The number of hydrogen-bond donors (Lipinski definition) is 1. The lowest BCUT2D eigenvalue weighted by molar-refractivity contribution is 0.0259. The Morgan fingerprint density at radius 3 is 2.95 bits per heavy atom. The molecule has 1 aromatic heterocycles. The monoisotopic (exact) mass is 289 g/mol. The maximum Gasteiger partial charge on any atom is 0.359 e. The van der Waals surface area contributed by atoms with Gasteiger partial charge in [-0.3, -0.25) is 0 Å². The highest BCUT2D eigenvalue weighted by Gasteiger charge is 2.15. The van der Waals surface area contributed by atoms with Gasteiger partial charge in [0.15, 0.2) is 5.69 Å². The van der Waals surface area contributed by atoms with Crippen LogP contribution in [0.4, 0.5) is 5.69 Å². The van der Waals surface area contributed by atoms with E-state index in [1.54, 1.807) is 36.2 Å². The fraction of sp³-hybridized carbons (Fsp3) is 0.333. The van der Waals surface area contributed by atoms with Gasteiger partial charge in [-0.25, -0.2) is 9.48 Å². The lowest BCUT2D eigenvalue weighted by atomic mass is 10.3. The molecule has 1 heterocycles. The highest BCUT2D eigenvalue weighted by Crippen LogP contribution is 2.12. The van der Waals surface area contributed by atoms with Crippen molar-refractivity contribution >= 4 is 11.7 Å². The number of methoxy groups -OCH3 is 1. The highest BCUT2D eigenvalue weighted by molar-refractivity contribution is 5.87. The molecule has 6 nitrogen and oxygen atoms in total. The van der Waals surface area contributed by atoms with Gasteiger partial charge in [0.2, 0.25) is 0 Å². The van der Waals surface area contributed by atoms with E-state index >= 15 is 0 Å². The number of carbonyl (C=O) groups excluding carboxylic acids is 1. The molecule has 6 heteroatoms. The molecule has 0 saturated heterocycles. The van der Waals surface area contributed by atoms with Crippen molar-refractivity contribution in [3.05, 3.63) is 42.2 Å². The number of nitrogen functional groups attached to an aromatic ring is 1. The number of nitrogens with two attached hydrogens (primary N) is 1. The number of hydrogen-bond acceptors (Lipinski definition) is 5. The second-order valence-electron chi connectivity index (χ2n) is 4.74. The number of benzene rings is 1. The summed E-state index contributed by atoms with van der Waals surface area (Å²) in [5, 5.41) is 4.21. The summed E-state index contributed by atoms with van der Waals surface area (Å²) in [6, 6.07) is 8.88. The predicted octanol–water partition coefficient (Wildman–Crippen LogP) is 2.04. The molecule has 1 aromatic carbocycles. The average molecular weight is 289 g/mol. The van der Waals surface area contributed by atoms with Crippen molar-refractivity contribution in [2.75, 3.05) is 19.5 Å². The first-order valence-corrected chi connectivity index (χ1v) is 6.71. The standard InChI is InChI=1S/C15H19N3O3/c1-11(7-9-20-2)21-15(19)14-6-8-18(17-14)13-5-3-4-12(16)10-13/h3-6,8,10-11H,7,9,16H2,1-2H3. The first kappa shape index (κ1) is 15.1. The third-order valence-corrected chi connectivity index (χ3v) is 2.97. The van der Waals surface area contributed by atoms with Crippen LogP contribution in [0.15, 0.2) is 36.5 Å². The molecule has 1 atom stereocenters. The van der Waals surface area contributed by atoms with E-state index in [-0.39, 0.29) is 11.8 Å². The summed E-state index contributed by atoms with van der Waals surface area (Å²) in [7, 11) is 1.61. The van der Waals surface area contributed by atoms with Crippen molar-refractivity contribution in [3.8, 4) is 5.69 Å². The molecule has 0 radical (unpaired) electrons. The predicted molar refractivity (Wildman–Crippen MR) is 79.3 cm³/mol. The maximum atomic E-state index is 12.0. The molecular weight excluding hydrogens is 270 g/mol. The van der Waals surface area contributed by atoms with Crippen LogP contribution in [-0.2, 0) is 9.47 Å². The molecular formula is C15H19N3O3. The number of aromatic nitrogens is 2. The largest absolute Gasteiger partial charge is 0.458 e. The molecule has 112 valence electrons. The molecule has 0 saturated carbocycles. The van der Waals surface area contributed by atoms with E-state index in [2.05, 4.69) is 5.10 Å². The second-order valence-corrected chi connectivity index (χ2v) is 4.74. The Bertz CT molecular complexity index is 610. The zero-order chi connectivity index (χ0) is 15.2. The molecule has 0 aliphatic heterocycles. The van der Waals surface area contributed by atoms with Crippen LogP contribution in [0.5, 0.6) is 0 Å². The minimum atomic E-state index is -0.443. The molecule has 0 aliphatic rings. The van der Waals surface area contributed by atoms with Crippen LogP contribution in [0.3, 0.4) is 0 Å². The van der Waals surface area contributed by atoms with E-state index in [1.807, 2.05) is 19.1 Å². The van der Waals surface area contributed by atoms with Crippen molar-refractivity contribution in [2.45, 2.75) is 19.4 Å². The van der Waals surface area contributed by atoms with Crippen molar-refractivity contribution in [3.63, 3.8) is 0 Å². The van der Waals surface area contributed by atoms with Crippen LogP contribution in [0.1, 0.15) is 23.8 Å². The van der Waals surface area contributed by atoms with E-state index in [0.29, 0.717) is 18.7 Å². The Morgan fingerprint density at radius 2 is 2.24 bits per heavy atom. The molecule has 2 rings (SSSR count). The Kier molecular flexibility index (Phi) is 4.94. The lowest BCUT2D eigenvalue weighted by Gasteiger charge is -2.11. The highest BCUT2D eigenvalue weighted by atomic mass is 16.5. The fourth-order valence-corrected chi connectivity index (χ4v) is 1.83. The van der Waals surface area contributed by atoms with Gasteiger partial charge in [-0.2, -0.15) is 5.10 Å². The molecule has 2 N–H and O–H groups in total. The number of esters is 1. The van der Waals surface area contributed by atoms with Crippen molar-refractivity contribution < 1.29 is 14.3 Å². The molecule has 0 fully saturated rings.